The molecule has 0 aliphatic carbocycles. The zero-order valence-corrected chi connectivity index (χ0v) is 18.3. The van der Waals surface area contributed by atoms with Crippen LogP contribution in [0.1, 0.15) is 27.8 Å². The predicted octanol–water partition coefficient (Wildman–Crippen LogP) is 2.65. The van der Waals surface area contributed by atoms with E-state index in [0.717, 1.165) is 28.0 Å². The average molecular weight is 420 g/mol. The normalized spacial score (nSPS) is 10.1. The first-order chi connectivity index (χ1) is 13.3. The molecule has 0 aliphatic heterocycles. The van der Waals surface area contributed by atoms with Gasteiger partial charge in [0.05, 0.1) is 13.1 Å². The highest BCUT2D eigenvalue weighted by molar-refractivity contribution is 5.85. The number of benzene rings is 2. The van der Waals surface area contributed by atoms with Gasteiger partial charge in [-0.2, -0.15) is 0 Å². The van der Waals surface area contributed by atoms with Gasteiger partial charge in [0, 0.05) is 13.6 Å². The van der Waals surface area contributed by atoms with Gasteiger partial charge < -0.3 is 20.7 Å². The monoisotopic (exact) mass is 419 g/mol. The number of halogens is 1. The summed E-state index contributed by atoms with van der Waals surface area (Å²) in [5.74, 6) is 0.356. The van der Waals surface area contributed by atoms with Crippen LogP contribution < -0.4 is 15.8 Å². The van der Waals surface area contributed by atoms with Gasteiger partial charge in [-0.05, 0) is 43.0 Å². The van der Waals surface area contributed by atoms with Crippen LogP contribution in [-0.4, -0.2) is 36.9 Å². The molecule has 0 spiro atoms. The molecular weight excluding hydrogens is 390 g/mol. The van der Waals surface area contributed by atoms with Gasteiger partial charge in [0.15, 0.2) is 0 Å². The molecule has 0 aromatic heterocycles. The zero-order chi connectivity index (χ0) is 20.7. The van der Waals surface area contributed by atoms with E-state index >= 15 is 0 Å². The fourth-order valence-corrected chi connectivity index (χ4v) is 3.06. The van der Waals surface area contributed by atoms with Crippen molar-refractivity contribution >= 4 is 24.2 Å². The predicted molar refractivity (Wildman–Crippen MR) is 117 cm³/mol. The van der Waals surface area contributed by atoms with Crippen molar-refractivity contribution in [3.63, 3.8) is 0 Å². The van der Waals surface area contributed by atoms with Gasteiger partial charge in [-0.25, -0.2) is 0 Å². The van der Waals surface area contributed by atoms with Crippen LogP contribution in [0.3, 0.4) is 0 Å². The molecule has 7 heteroatoms. The first-order valence-electron chi connectivity index (χ1n) is 9.29. The van der Waals surface area contributed by atoms with E-state index in [-0.39, 0.29) is 37.3 Å². The van der Waals surface area contributed by atoms with Crippen molar-refractivity contribution < 1.29 is 14.3 Å². The summed E-state index contributed by atoms with van der Waals surface area (Å²) in [5.41, 5.74) is 10.6. The Morgan fingerprint density at radius 1 is 1.07 bits per heavy atom. The second-order valence-corrected chi connectivity index (χ2v) is 7.07. The number of nitrogens with zero attached hydrogens (tertiary/aromatic N) is 1. The van der Waals surface area contributed by atoms with Crippen LogP contribution in [0.2, 0.25) is 0 Å². The van der Waals surface area contributed by atoms with Crippen LogP contribution in [0, 0.1) is 20.8 Å². The quantitative estimate of drug-likeness (QED) is 0.688. The van der Waals surface area contributed by atoms with Crippen molar-refractivity contribution in [3.05, 3.63) is 64.2 Å². The van der Waals surface area contributed by atoms with Gasteiger partial charge >= 0.3 is 0 Å². The van der Waals surface area contributed by atoms with Crippen LogP contribution in [-0.2, 0) is 22.7 Å². The number of nitrogens with one attached hydrogen (secondary N) is 1. The van der Waals surface area contributed by atoms with Crippen LogP contribution >= 0.6 is 12.4 Å². The Bertz CT molecular complexity index is 832. The lowest BCUT2D eigenvalue weighted by molar-refractivity contribution is -0.131. The van der Waals surface area contributed by atoms with Crippen molar-refractivity contribution in [1.82, 2.24) is 10.2 Å². The number of carbonyl (C=O) groups is 2. The van der Waals surface area contributed by atoms with E-state index in [4.69, 9.17) is 10.5 Å². The summed E-state index contributed by atoms with van der Waals surface area (Å²) in [4.78, 5) is 24.9. The summed E-state index contributed by atoms with van der Waals surface area (Å²) in [6.07, 6.45) is 0. The Labute approximate surface area is 178 Å². The molecule has 2 aromatic carbocycles. The summed E-state index contributed by atoms with van der Waals surface area (Å²) in [5, 5.41) is 2.49. The topological polar surface area (TPSA) is 84.7 Å². The number of hydrogen-bond donors (Lipinski definition) is 2. The molecule has 0 bridgehead atoms. The van der Waals surface area contributed by atoms with Crippen molar-refractivity contribution in [3.8, 4) is 5.75 Å². The van der Waals surface area contributed by atoms with Crippen LogP contribution in [0.5, 0.6) is 5.75 Å². The number of carbonyl (C=O) groups excluding carboxylic acids is 2. The van der Waals surface area contributed by atoms with E-state index in [2.05, 4.69) is 30.4 Å². The van der Waals surface area contributed by atoms with Gasteiger partial charge in [-0.1, -0.05) is 42.0 Å². The lowest BCUT2D eigenvalue weighted by atomic mass is 10.1. The minimum Gasteiger partial charge on any atom is -0.488 e. The molecule has 2 amide bonds. The van der Waals surface area contributed by atoms with Crippen molar-refractivity contribution in [1.29, 1.82) is 0 Å². The summed E-state index contributed by atoms with van der Waals surface area (Å²) < 4.78 is 6.05. The van der Waals surface area contributed by atoms with Gasteiger partial charge in [0.2, 0.25) is 11.8 Å². The molecule has 158 valence electrons. The van der Waals surface area contributed by atoms with Gasteiger partial charge in [-0.15, -0.1) is 12.4 Å². The third-order valence-corrected chi connectivity index (χ3v) is 4.45. The highest BCUT2D eigenvalue weighted by Crippen LogP contribution is 2.26. The first-order valence-corrected chi connectivity index (χ1v) is 9.29. The molecule has 0 aliphatic rings. The second kappa shape index (κ2) is 11.4. The average Bonchev–Trinajstić information content (AvgIpc) is 2.65. The molecule has 2 aromatic rings. The van der Waals surface area contributed by atoms with Gasteiger partial charge in [0.1, 0.15) is 12.4 Å². The van der Waals surface area contributed by atoms with E-state index in [0.29, 0.717) is 13.2 Å². The number of rotatable bonds is 8. The molecule has 3 N–H and O–H groups in total. The largest absolute Gasteiger partial charge is 0.488 e. The fraction of sp³-hybridized carbons (Fsp3) is 0.364. The first kappa shape index (κ1) is 24.5. The lowest BCUT2D eigenvalue weighted by Crippen LogP contribution is -2.40. The molecule has 0 saturated carbocycles. The smallest absolute Gasteiger partial charge is 0.242 e. The second-order valence-electron chi connectivity index (χ2n) is 7.07. The Morgan fingerprint density at radius 3 is 2.31 bits per heavy atom. The number of nitrogens with two attached hydrogens (primary N) is 1. The van der Waals surface area contributed by atoms with E-state index in [9.17, 15) is 9.59 Å². The standard InChI is InChI=1S/C22H29N3O3.ClH/c1-15-6-5-7-18(8-15)14-28-22-16(2)9-19(10-17(22)3)13-25(4)21(27)12-24-20(26)11-23;/h5-10H,11-14,23H2,1-4H3,(H,24,26);1H. The maximum absolute atomic E-state index is 12.1. The number of likely N-dealkylation sites (N-methyl/N-ethyl adjacent to an activating group) is 1. The van der Waals surface area contributed by atoms with E-state index in [1.54, 1.807) is 11.9 Å². The fourth-order valence-electron chi connectivity index (χ4n) is 3.06. The van der Waals surface area contributed by atoms with Crippen LogP contribution in [0.15, 0.2) is 36.4 Å². The minimum atomic E-state index is -0.344. The number of hydrogen-bond acceptors (Lipinski definition) is 4. The Morgan fingerprint density at radius 2 is 1.72 bits per heavy atom. The highest BCUT2D eigenvalue weighted by atomic mass is 35.5. The van der Waals surface area contributed by atoms with E-state index < -0.39 is 0 Å². The Hall–Kier alpha value is -2.57. The SMILES string of the molecule is Cc1cccc(COc2c(C)cc(CN(C)C(=O)CNC(=O)CN)cc2C)c1.Cl. The minimum absolute atomic E-state index is 0. The Balaban J connectivity index is 0.00000420. The maximum Gasteiger partial charge on any atom is 0.242 e. The molecule has 0 atom stereocenters. The number of aryl methyl sites for hydroxylation is 3. The number of amides is 2. The molecule has 0 saturated heterocycles. The number of ether oxygens (including phenoxy) is 1. The van der Waals surface area contributed by atoms with Gasteiger partial charge in [0.25, 0.3) is 0 Å². The Kier molecular flexibility index (Phi) is 9.65. The van der Waals surface area contributed by atoms with Gasteiger partial charge in [-0.3, -0.25) is 9.59 Å². The molecule has 0 fully saturated rings. The summed E-state index contributed by atoms with van der Waals surface area (Å²) >= 11 is 0. The molecule has 2 rings (SSSR count). The molecule has 0 radical (unpaired) electrons. The van der Waals surface area contributed by atoms with Crippen LogP contribution in [0.4, 0.5) is 0 Å². The zero-order valence-electron chi connectivity index (χ0n) is 17.5. The summed E-state index contributed by atoms with van der Waals surface area (Å²) in [7, 11) is 1.71. The van der Waals surface area contributed by atoms with E-state index in [1.165, 1.54) is 5.56 Å². The molecule has 0 unspecified atom stereocenters. The van der Waals surface area contributed by atoms with E-state index in [1.807, 2.05) is 32.0 Å². The van der Waals surface area contributed by atoms with Crippen molar-refractivity contribution in [2.24, 2.45) is 5.73 Å². The van der Waals surface area contributed by atoms with Crippen LogP contribution in [0.25, 0.3) is 0 Å². The summed E-state index contributed by atoms with van der Waals surface area (Å²) in [6.45, 7) is 6.87. The van der Waals surface area contributed by atoms with Crippen molar-refractivity contribution in [2.45, 2.75) is 33.9 Å². The third kappa shape index (κ3) is 7.40. The molecule has 0 heterocycles. The van der Waals surface area contributed by atoms with Crippen molar-refractivity contribution in [2.75, 3.05) is 20.1 Å². The molecule has 29 heavy (non-hydrogen) atoms. The maximum atomic E-state index is 12.1. The molecular formula is C22H30ClN3O3. The summed E-state index contributed by atoms with van der Waals surface area (Å²) in [6, 6.07) is 12.3. The highest BCUT2D eigenvalue weighted by Gasteiger charge is 2.13. The lowest BCUT2D eigenvalue weighted by Gasteiger charge is -2.20. The third-order valence-electron chi connectivity index (χ3n) is 4.45. The molecule has 6 nitrogen and oxygen atoms in total.